The molecule has 94 valence electrons. The summed E-state index contributed by atoms with van der Waals surface area (Å²) in [5.74, 6) is 0.273. The van der Waals surface area contributed by atoms with Gasteiger partial charge in [0.05, 0.1) is 12.7 Å². The molecule has 1 heterocycles. The molecule has 0 radical (unpaired) electrons. The molecule has 0 unspecified atom stereocenters. The Morgan fingerprint density at radius 2 is 1.88 bits per heavy atom. The van der Waals surface area contributed by atoms with Crippen LogP contribution < -0.4 is 0 Å². The van der Waals surface area contributed by atoms with Crippen LogP contribution in [0.15, 0.2) is 30.3 Å². The second-order valence-electron chi connectivity index (χ2n) is 5.65. The average Bonchev–Trinajstić information content (AvgIpc) is 2.33. The number of rotatable bonds is 2. The number of ether oxygens (including phenoxy) is 2. The van der Waals surface area contributed by atoms with E-state index >= 15 is 0 Å². The van der Waals surface area contributed by atoms with Crippen LogP contribution in [-0.2, 0) is 9.47 Å². The van der Waals surface area contributed by atoms with E-state index in [1.807, 2.05) is 6.07 Å². The molecule has 0 amide bonds. The van der Waals surface area contributed by atoms with Crippen LogP contribution in [0.2, 0.25) is 0 Å². The first-order valence-corrected chi connectivity index (χ1v) is 6.33. The Bertz CT molecular complexity index is 358. The molecule has 1 fully saturated rings. The Kier molecular flexibility index (Phi) is 3.55. The van der Waals surface area contributed by atoms with Gasteiger partial charge in [-0.3, -0.25) is 0 Å². The van der Waals surface area contributed by atoms with Crippen LogP contribution in [-0.4, -0.2) is 19.0 Å². The van der Waals surface area contributed by atoms with Crippen molar-refractivity contribution in [1.82, 2.24) is 0 Å². The number of benzene rings is 1. The lowest BCUT2D eigenvalue weighted by Gasteiger charge is -2.42. The molecule has 17 heavy (non-hydrogen) atoms. The fourth-order valence-corrected chi connectivity index (χ4v) is 2.01. The predicted molar refractivity (Wildman–Crippen MR) is 68.9 cm³/mol. The monoisotopic (exact) mass is 234 g/mol. The molecular weight excluding hydrogens is 212 g/mol. The Labute approximate surface area is 104 Å². The minimum absolute atomic E-state index is 0.104. The molecule has 0 saturated carbocycles. The second-order valence-corrected chi connectivity index (χ2v) is 5.65. The summed E-state index contributed by atoms with van der Waals surface area (Å²) in [5.41, 5.74) is 1.37. The largest absolute Gasteiger partial charge is 0.351 e. The van der Waals surface area contributed by atoms with Gasteiger partial charge in [0.25, 0.3) is 0 Å². The van der Waals surface area contributed by atoms with Gasteiger partial charge < -0.3 is 9.47 Å². The summed E-state index contributed by atoms with van der Waals surface area (Å²) in [5, 5.41) is 0. The van der Waals surface area contributed by atoms with Crippen molar-refractivity contribution in [3.05, 3.63) is 35.9 Å². The van der Waals surface area contributed by atoms with E-state index in [-0.39, 0.29) is 23.7 Å². The SMILES string of the molecule is C[C@@H](c1ccccc1)[C@@H]1OCC(C)(C)[C@@H](C)O1. The maximum absolute atomic E-state index is 6.00. The van der Waals surface area contributed by atoms with Crippen LogP contribution in [0.3, 0.4) is 0 Å². The van der Waals surface area contributed by atoms with E-state index in [1.54, 1.807) is 0 Å². The van der Waals surface area contributed by atoms with Gasteiger partial charge in [0.15, 0.2) is 6.29 Å². The van der Waals surface area contributed by atoms with E-state index in [9.17, 15) is 0 Å². The summed E-state index contributed by atoms with van der Waals surface area (Å²) in [6, 6.07) is 10.4. The molecule has 1 aromatic rings. The third kappa shape index (κ3) is 2.70. The van der Waals surface area contributed by atoms with Crippen molar-refractivity contribution in [2.24, 2.45) is 5.41 Å². The lowest BCUT2D eigenvalue weighted by Crippen LogP contribution is -2.45. The van der Waals surface area contributed by atoms with Crippen LogP contribution in [0.5, 0.6) is 0 Å². The minimum atomic E-state index is -0.125. The van der Waals surface area contributed by atoms with E-state index in [1.165, 1.54) is 5.56 Å². The molecule has 1 aliphatic rings. The van der Waals surface area contributed by atoms with Crippen LogP contribution in [0.25, 0.3) is 0 Å². The summed E-state index contributed by atoms with van der Waals surface area (Å²) in [7, 11) is 0. The Morgan fingerprint density at radius 1 is 1.24 bits per heavy atom. The molecule has 0 spiro atoms. The van der Waals surface area contributed by atoms with Gasteiger partial charge in [-0.25, -0.2) is 0 Å². The summed E-state index contributed by atoms with van der Waals surface area (Å²) in [4.78, 5) is 0. The molecule has 0 aliphatic carbocycles. The molecule has 0 aromatic heterocycles. The first-order chi connectivity index (χ1) is 8.00. The van der Waals surface area contributed by atoms with Gasteiger partial charge in [-0.15, -0.1) is 0 Å². The van der Waals surface area contributed by atoms with Crippen molar-refractivity contribution in [1.29, 1.82) is 0 Å². The highest BCUT2D eigenvalue weighted by Crippen LogP contribution is 2.34. The molecule has 0 bridgehead atoms. The molecule has 1 aromatic carbocycles. The first kappa shape index (κ1) is 12.6. The standard InChI is InChI=1S/C15H22O2/c1-11(13-8-6-5-7-9-13)14-16-10-15(3,4)12(2)17-14/h5-9,11-12,14H,10H2,1-4H3/t11-,12+,14+/m0/s1. The van der Waals surface area contributed by atoms with E-state index in [0.717, 1.165) is 6.61 Å². The second kappa shape index (κ2) is 4.79. The summed E-state index contributed by atoms with van der Waals surface area (Å²) in [6.45, 7) is 9.41. The van der Waals surface area contributed by atoms with Gasteiger partial charge >= 0.3 is 0 Å². The molecule has 0 N–H and O–H groups in total. The third-order valence-electron chi connectivity index (χ3n) is 3.79. The van der Waals surface area contributed by atoms with E-state index < -0.39 is 0 Å². The quantitative estimate of drug-likeness (QED) is 0.778. The lowest BCUT2D eigenvalue weighted by atomic mass is 9.87. The highest BCUT2D eigenvalue weighted by molar-refractivity contribution is 5.19. The van der Waals surface area contributed by atoms with E-state index in [0.29, 0.717) is 0 Å². The predicted octanol–water partition coefficient (Wildman–Crippen LogP) is 3.58. The number of hydrogen-bond acceptors (Lipinski definition) is 2. The topological polar surface area (TPSA) is 18.5 Å². The van der Waals surface area contributed by atoms with Crippen LogP contribution in [0.1, 0.15) is 39.2 Å². The summed E-state index contributed by atoms with van der Waals surface area (Å²) < 4.78 is 11.9. The van der Waals surface area contributed by atoms with Crippen molar-refractivity contribution in [2.45, 2.75) is 46.0 Å². The number of hydrogen-bond donors (Lipinski definition) is 0. The van der Waals surface area contributed by atoms with Crippen molar-refractivity contribution in [3.8, 4) is 0 Å². The molecule has 3 atom stereocenters. The first-order valence-electron chi connectivity index (χ1n) is 6.33. The Balaban J connectivity index is 2.05. The van der Waals surface area contributed by atoms with Gasteiger partial charge in [0.1, 0.15) is 0 Å². The van der Waals surface area contributed by atoms with Gasteiger partial charge in [0, 0.05) is 11.3 Å². The Hall–Kier alpha value is -0.860. The zero-order chi connectivity index (χ0) is 12.5. The molecule has 1 aliphatic heterocycles. The van der Waals surface area contributed by atoms with Gasteiger partial charge in [-0.1, -0.05) is 51.1 Å². The molecule has 2 heteroatoms. The van der Waals surface area contributed by atoms with Crippen molar-refractivity contribution < 1.29 is 9.47 Å². The fourth-order valence-electron chi connectivity index (χ4n) is 2.01. The van der Waals surface area contributed by atoms with Crippen LogP contribution in [0, 0.1) is 5.41 Å². The lowest BCUT2D eigenvalue weighted by molar-refractivity contribution is -0.261. The average molecular weight is 234 g/mol. The molecular formula is C15H22O2. The van der Waals surface area contributed by atoms with Crippen molar-refractivity contribution in [2.75, 3.05) is 6.61 Å². The van der Waals surface area contributed by atoms with Gasteiger partial charge in [-0.2, -0.15) is 0 Å². The van der Waals surface area contributed by atoms with Crippen molar-refractivity contribution >= 4 is 0 Å². The summed E-state index contributed by atoms with van der Waals surface area (Å²) >= 11 is 0. The van der Waals surface area contributed by atoms with Gasteiger partial charge in [0.2, 0.25) is 0 Å². The third-order valence-corrected chi connectivity index (χ3v) is 3.79. The molecule has 2 nitrogen and oxygen atoms in total. The van der Waals surface area contributed by atoms with Crippen molar-refractivity contribution in [3.63, 3.8) is 0 Å². The minimum Gasteiger partial charge on any atom is -0.351 e. The maximum Gasteiger partial charge on any atom is 0.164 e. The molecule has 1 saturated heterocycles. The highest BCUT2D eigenvalue weighted by Gasteiger charge is 2.37. The molecule has 2 rings (SSSR count). The van der Waals surface area contributed by atoms with Crippen LogP contribution >= 0.6 is 0 Å². The summed E-state index contributed by atoms with van der Waals surface area (Å²) in [6.07, 6.45) is 0.104. The Morgan fingerprint density at radius 3 is 2.47 bits per heavy atom. The van der Waals surface area contributed by atoms with Gasteiger partial charge in [-0.05, 0) is 12.5 Å². The maximum atomic E-state index is 6.00. The fraction of sp³-hybridized carbons (Fsp3) is 0.600. The normalized spacial score (nSPS) is 29.9. The highest BCUT2D eigenvalue weighted by atomic mass is 16.7. The zero-order valence-corrected chi connectivity index (χ0v) is 11.1. The van der Waals surface area contributed by atoms with Crippen LogP contribution in [0.4, 0.5) is 0 Å². The zero-order valence-electron chi connectivity index (χ0n) is 11.1. The van der Waals surface area contributed by atoms with E-state index in [4.69, 9.17) is 9.47 Å². The smallest absolute Gasteiger partial charge is 0.164 e. The van der Waals surface area contributed by atoms with E-state index in [2.05, 4.69) is 52.0 Å².